The van der Waals surface area contributed by atoms with E-state index in [1.54, 1.807) is 18.2 Å². The monoisotopic (exact) mass is 272 g/mol. The van der Waals surface area contributed by atoms with Gasteiger partial charge >= 0.3 is 0 Å². The molecular weight excluding hydrogens is 255 g/mol. The SMILES string of the molecule is Fc1ccccc1Nc1cc(NC2CCCC2)ncn1. The lowest BCUT2D eigenvalue weighted by molar-refractivity contribution is 0.632. The van der Waals surface area contributed by atoms with E-state index in [-0.39, 0.29) is 5.82 Å². The van der Waals surface area contributed by atoms with E-state index < -0.39 is 0 Å². The topological polar surface area (TPSA) is 49.8 Å². The highest BCUT2D eigenvalue weighted by Gasteiger charge is 2.15. The fourth-order valence-corrected chi connectivity index (χ4v) is 2.48. The van der Waals surface area contributed by atoms with E-state index in [4.69, 9.17) is 0 Å². The van der Waals surface area contributed by atoms with Crippen LogP contribution in [-0.4, -0.2) is 16.0 Å². The average molecular weight is 272 g/mol. The number of nitrogens with zero attached hydrogens (tertiary/aromatic N) is 2. The van der Waals surface area contributed by atoms with E-state index in [9.17, 15) is 4.39 Å². The molecule has 0 saturated heterocycles. The highest BCUT2D eigenvalue weighted by Crippen LogP contribution is 2.23. The highest BCUT2D eigenvalue weighted by atomic mass is 19.1. The van der Waals surface area contributed by atoms with Gasteiger partial charge < -0.3 is 10.6 Å². The largest absolute Gasteiger partial charge is 0.367 e. The molecule has 4 nitrogen and oxygen atoms in total. The van der Waals surface area contributed by atoms with E-state index in [1.165, 1.54) is 38.1 Å². The summed E-state index contributed by atoms with van der Waals surface area (Å²) in [5.74, 6) is 1.08. The fourth-order valence-electron chi connectivity index (χ4n) is 2.48. The average Bonchev–Trinajstić information content (AvgIpc) is 2.95. The van der Waals surface area contributed by atoms with Crippen LogP contribution in [0, 0.1) is 5.82 Å². The Labute approximate surface area is 117 Å². The summed E-state index contributed by atoms with van der Waals surface area (Å²) in [5, 5.41) is 6.37. The minimum absolute atomic E-state index is 0.295. The first-order valence-electron chi connectivity index (χ1n) is 6.91. The molecule has 1 aromatic heterocycles. The summed E-state index contributed by atoms with van der Waals surface area (Å²) in [6, 6.07) is 8.84. The second-order valence-electron chi connectivity index (χ2n) is 5.02. The Morgan fingerprint density at radius 3 is 2.60 bits per heavy atom. The maximum absolute atomic E-state index is 13.6. The summed E-state index contributed by atoms with van der Waals surface area (Å²) in [5.41, 5.74) is 0.415. The molecule has 1 fully saturated rings. The van der Waals surface area contributed by atoms with Crippen LogP contribution < -0.4 is 10.6 Å². The zero-order valence-corrected chi connectivity index (χ0v) is 11.1. The number of nitrogens with one attached hydrogen (secondary N) is 2. The van der Waals surface area contributed by atoms with Crippen LogP contribution in [0.25, 0.3) is 0 Å². The molecule has 1 aromatic carbocycles. The number of para-hydroxylation sites is 1. The molecule has 1 saturated carbocycles. The molecule has 104 valence electrons. The summed E-state index contributed by atoms with van der Waals surface area (Å²) in [7, 11) is 0. The third-order valence-corrected chi connectivity index (χ3v) is 3.51. The van der Waals surface area contributed by atoms with Gasteiger partial charge in [0.15, 0.2) is 0 Å². The number of benzene rings is 1. The molecule has 0 aliphatic heterocycles. The third kappa shape index (κ3) is 3.04. The molecule has 2 aromatic rings. The van der Waals surface area contributed by atoms with Crippen molar-refractivity contribution < 1.29 is 4.39 Å². The van der Waals surface area contributed by atoms with Gasteiger partial charge in [0, 0.05) is 12.1 Å². The van der Waals surface area contributed by atoms with Crippen molar-refractivity contribution in [2.75, 3.05) is 10.6 Å². The smallest absolute Gasteiger partial charge is 0.146 e. The molecule has 0 bridgehead atoms. The molecule has 0 radical (unpaired) electrons. The Bertz CT molecular complexity index is 582. The Morgan fingerprint density at radius 1 is 1.05 bits per heavy atom. The Morgan fingerprint density at radius 2 is 1.80 bits per heavy atom. The van der Waals surface area contributed by atoms with Crippen molar-refractivity contribution in [3.63, 3.8) is 0 Å². The number of hydrogen-bond donors (Lipinski definition) is 2. The molecule has 3 rings (SSSR count). The standard InChI is InChI=1S/C15H17FN4/c16-12-7-3-4-8-13(12)20-15-9-14(17-10-18-15)19-11-5-1-2-6-11/h3-4,7-11H,1-2,5-6H2,(H2,17,18,19,20). The number of halogens is 1. The molecule has 5 heteroatoms. The predicted molar refractivity (Wildman–Crippen MR) is 77.6 cm³/mol. The summed E-state index contributed by atoms with van der Waals surface area (Å²) in [6.45, 7) is 0. The number of rotatable bonds is 4. The normalized spacial score (nSPS) is 15.2. The number of hydrogen-bond acceptors (Lipinski definition) is 4. The summed E-state index contributed by atoms with van der Waals surface area (Å²) in [4.78, 5) is 8.33. The summed E-state index contributed by atoms with van der Waals surface area (Å²) >= 11 is 0. The van der Waals surface area contributed by atoms with Crippen LogP contribution in [0.5, 0.6) is 0 Å². The van der Waals surface area contributed by atoms with Gasteiger partial charge in [0.2, 0.25) is 0 Å². The lowest BCUT2D eigenvalue weighted by Crippen LogP contribution is -2.15. The summed E-state index contributed by atoms with van der Waals surface area (Å²) in [6.07, 6.45) is 6.38. The van der Waals surface area contributed by atoms with E-state index in [0.29, 0.717) is 17.5 Å². The maximum Gasteiger partial charge on any atom is 0.146 e. The van der Waals surface area contributed by atoms with Crippen molar-refractivity contribution in [1.82, 2.24) is 9.97 Å². The Kier molecular flexibility index (Phi) is 3.76. The Hall–Kier alpha value is -2.17. The van der Waals surface area contributed by atoms with Gasteiger partial charge in [-0.1, -0.05) is 25.0 Å². The van der Waals surface area contributed by atoms with Crippen molar-refractivity contribution in [3.05, 3.63) is 42.5 Å². The molecular formula is C15H17FN4. The van der Waals surface area contributed by atoms with Gasteiger partial charge in [0.25, 0.3) is 0 Å². The first-order valence-corrected chi connectivity index (χ1v) is 6.91. The third-order valence-electron chi connectivity index (χ3n) is 3.51. The maximum atomic E-state index is 13.6. The fraction of sp³-hybridized carbons (Fsp3) is 0.333. The lowest BCUT2D eigenvalue weighted by atomic mass is 10.2. The van der Waals surface area contributed by atoms with Crippen LogP contribution in [0.4, 0.5) is 21.7 Å². The van der Waals surface area contributed by atoms with E-state index in [1.807, 2.05) is 6.07 Å². The van der Waals surface area contributed by atoms with Crippen LogP contribution in [0.15, 0.2) is 36.7 Å². The van der Waals surface area contributed by atoms with Crippen molar-refractivity contribution in [2.45, 2.75) is 31.7 Å². The lowest BCUT2D eigenvalue weighted by Gasteiger charge is -2.13. The molecule has 0 amide bonds. The van der Waals surface area contributed by atoms with Crippen LogP contribution in [0.3, 0.4) is 0 Å². The highest BCUT2D eigenvalue weighted by molar-refractivity contribution is 5.59. The van der Waals surface area contributed by atoms with Gasteiger partial charge in [0.05, 0.1) is 5.69 Å². The van der Waals surface area contributed by atoms with Crippen LogP contribution in [-0.2, 0) is 0 Å². The molecule has 1 aliphatic carbocycles. The Balaban J connectivity index is 1.72. The van der Waals surface area contributed by atoms with E-state index in [2.05, 4.69) is 20.6 Å². The van der Waals surface area contributed by atoms with Gasteiger partial charge in [-0.2, -0.15) is 0 Å². The zero-order chi connectivity index (χ0) is 13.8. The first-order chi connectivity index (χ1) is 9.81. The molecule has 0 unspecified atom stereocenters. The van der Waals surface area contributed by atoms with Crippen LogP contribution >= 0.6 is 0 Å². The van der Waals surface area contributed by atoms with Crippen LogP contribution in [0.2, 0.25) is 0 Å². The van der Waals surface area contributed by atoms with Crippen molar-refractivity contribution in [2.24, 2.45) is 0 Å². The van der Waals surface area contributed by atoms with E-state index >= 15 is 0 Å². The predicted octanol–water partition coefficient (Wildman–Crippen LogP) is 3.71. The molecule has 1 heterocycles. The molecule has 2 N–H and O–H groups in total. The molecule has 1 aliphatic rings. The number of anilines is 3. The van der Waals surface area contributed by atoms with Crippen molar-refractivity contribution in [1.29, 1.82) is 0 Å². The van der Waals surface area contributed by atoms with Crippen molar-refractivity contribution in [3.8, 4) is 0 Å². The van der Waals surface area contributed by atoms with Gasteiger partial charge in [-0.15, -0.1) is 0 Å². The minimum Gasteiger partial charge on any atom is -0.367 e. The second-order valence-corrected chi connectivity index (χ2v) is 5.02. The second kappa shape index (κ2) is 5.86. The first kappa shape index (κ1) is 12.8. The number of aromatic nitrogens is 2. The van der Waals surface area contributed by atoms with Gasteiger partial charge in [-0.3, -0.25) is 0 Å². The van der Waals surface area contributed by atoms with Crippen molar-refractivity contribution >= 4 is 17.3 Å². The van der Waals surface area contributed by atoms with Gasteiger partial charge in [-0.05, 0) is 25.0 Å². The van der Waals surface area contributed by atoms with Crippen LogP contribution in [0.1, 0.15) is 25.7 Å². The minimum atomic E-state index is -0.295. The molecule has 20 heavy (non-hydrogen) atoms. The molecule has 0 atom stereocenters. The summed E-state index contributed by atoms with van der Waals surface area (Å²) < 4.78 is 13.6. The quantitative estimate of drug-likeness (QED) is 0.890. The molecule has 0 spiro atoms. The zero-order valence-electron chi connectivity index (χ0n) is 11.1. The van der Waals surface area contributed by atoms with E-state index in [0.717, 1.165) is 5.82 Å². The van der Waals surface area contributed by atoms with Gasteiger partial charge in [-0.25, -0.2) is 14.4 Å². The van der Waals surface area contributed by atoms with Gasteiger partial charge in [0.1, 0.15) is 23.8 Å².